The van der Waals surface area contributed by atoms with Crippen molar-refractivity contribution in [2.24, 2.45) is 0 Å². The van der Waals surface area contributed by atoms with Gasteiger partial charge in [-0.25, -0.2) is 0 Å². The summed E-state index contributed by atoms with van der Waals surface area (Å²) in [7, 11) is 2.97. The summed E-state index contributed by atoms with van der Waals surface area (Å²) in [6, 6.07) is 5.10. The van der Waals surface area contributed by atoms with Crippen molar-refractivity contribution >= 4 is 5.91 Å². The van der Waals surface area contributed by atoms with Gasteiger partial charge in [-0.3, -0.25) is 4.79 Å². The summed E-state index contributed by atoms with van der Waals surface area (Å²) >= 11 is 0. The minimum absolute atomic E-state index is 0.181. The largest absolute Gasteiger partial charge is 0.496 e. The number of hydrogen-bond donors (Lipinski definition) is 2. The molecule has 0 bridgehead atoms. The van der Waals surface area contributed by atoms with Crippen LogP contribution in [-0.4, -0.2) is 37.9 Å². The smallest absolute Gasteiger partial charge is 0.258 e. The molecule has 1 rings (SSSR count). The maximum atomic E-state index is 11.9. The Labute approximate surface area is 100 Å². The van der Waals surface area contributed by atoms with Crippen LogP contribution < -0.4 is 14.8 Å². The topological polar surface area (TPSA) is 67.8 Å². The fraction of sp³-hybridized carbons (Fsp3) is 0.417. The second-order valence-corrected chi connectivity index (χ2v) is 3.60. The average Bonchev–Trinajstić information content (AvgIpc) is 2.34. The molecule has 0 aliphatic carbocycles. The van der Waals surface area contributed by atoms with Crippen LogP contribution >= 0.6 is 0 Å². The monoisotopic (exact) mass is 239 g/mol. The van der Waals surface area contributed by atoms with Gasteiger partial charge in [0.05, 0.1) is 20.3 Å². The number of carbonyl (C=O) groups is 1. The number of methoxy groups -OCH3 is 2. The molecule has 0 aromatic heterocycles. The van der Waals surface area contributed by atoms with E-state index in [9.17, 15) is 4.79 Å². The van der Waals surface area contributed by atoms with Gasteiger partial charge in [0, 0.05) is 6.54 Å². The number of amides is 1. The van der Waals surface area contributed by atoms with Crippen molar-refractivity contribution in [3.05, 3.63) is 23.8 Å². The van der Waals surface area contributed by atoms with E-state index < -0.39 is 6.10 Å². The molecule has 1 aromatic rings. The molecule has 2 N–H and O–H groups in total. The molecule has 0 fully saturated rings. The summed E-state index contributed by atoms with van der Waals surface area (Å²) in [5, 5.41) is 11.7. The molecule has 0 saturated carbocycles. The SMILES string of the molecule is COc1cccc(OC)c1C(=O)NCC(C)O. The number of aliphatic hydroxyl groups is 1. The molecule has 94 valence electrons. The van der Waals surface area contributed by atoms with Crippen LogP contribution in [0.1, 0.15) is 17.3 Å². The van der Waals surface area contributed by atoms with Crippen molar-refractivity contribution in [2.75, 3.05) is 20.8 Å². The summed E-state index contributed by atoms with van der Waals surface area (Å²) in [5.74, 6) is 0.542. The number of aliphatic hydroxyl groups excluding tert-OH is 1. The van der Waals surface area contributed by atoms with Crippen LogP contribution in [0, 0.1) is 0 Å². The Bertz CT molecular complexity index is 368. The van der Waals surface area contributed by atoms with E-state index in [4.69, 9.17) is 14.6 Å². The minimum atomic E-state index is -0.598. The fourth-order valence-electron chi connectivity index (χ4n) is 1.40. The first kappa shape index (κ1) is 13.3. The first-order valence-corrected chi connectivity index (χ1v) is 5.27. The van der Waals surface area contributed by atoms with Crippen LogP contribution in [0.4, 0.5) is 0 Å². The molecule has 17 heavy (non-hydrogen) atoms. The predicted octanol–water partition coefficient (Wildman–Crippen LogP) is 0.814. The van der Waals surface area contributed by atoms with Gasteiger partial charge in [0.2, 0.25) is 0 Å². The third-order valence-electron chi connectivity index (χ3n) is 2.21. The lowest BCUT2D eigenvalue weighted by Crippen LogP contribution is -2.31. The Hall–Kier alpha value is -1.75. The Balaban J connectivity index is 2.97. The van der Waals surface area contributed by atoms with Crippen molar-refractivity contribution in [3.63, 3.8) is 0 Å². The Morgan fingerprint density at radius 2 is 1.88 bits per heavy atom. The maximum Gasteiger partial charge on any atom is 0.258 e. The maximum absolute atomic E-state index is 11.9. The zero-order chi connectivity index (χ0) is 12.8. The summed E-state index contributed by atoms with van der Waals surface area (Å²) in [5.41, 5.74) is 0.332. The number of nitrogens with one attached hydrogen (secondary N) is 1. The van der Waals surface area contributed by atoms with E-state index in [0.717, 1.165) is 0 Å². The second-order valence-electron chi connectivity index (χ2n) is 3.60. The number of rotatable bonds is 5. The number of benzene rings is 1. The van der Waals surface area contributed by atoms with Gasteiger partial charge in [-0.05, 0) is 19.1 Å². The predicted molar refractivity (Wildman–Crippen MR) is 63.6 cm³/mol. The van der Waals surface area contributed by atoms with E-state index in [1.165, 1.54) is 14.2 Å². The minimum Gasteiger partial charge on any atom is -0.496 e. The molecule has 5 heteroatoms. The average molecular weight is 239 g/mol. The molecule has 1 atom stereocenters. The molecule has 0 aliphatic rings. The summed E-state index contributed by atoms with van der Waals surface area (Å²) in [6.45, 7) is 1.78. The number of hydrogen-bond acceptors (Lipinski definition) is 4. The zero-order valence-electron chi connectivity index (χ0n) is 10.2. The van der Waals surface area contributed by atoms with Crippen LogP contribution in [0.15, 0.2) is 18.2 Å². The van der Waals surface area contributed by atoms with E-state index in [-0.39, 0.29) is 12.5 Å². The standard InChI is InChI=1S/C12H17NO4/c1-8(14)7-13-12(15)11-9(16-2)5-4-6-10(11)17-3/h4-6,8,14H,7H2,1-3H3,(H,13,15). The normalized spacial score (nSPS) is 11.8. The van der Waals surface area contributed by atoms with Crippen molar-refractivity contribution in [2.45, 2.75) is 13.0 Å². The van der Waals surface area contributed by atoms with Gasteiger partial charge in [-0.2, -0.15) is 0 Å². The Morgan fingerprint density at radius 3 is 2.29 bits per heavy atom. The quantitative estimate of drug-likeness (QED) is 0.798. The molecule has 1 amide bonds. The van der Waals surface area contributed by atoms with Crippen molar-refractivity contribution < 1.29 is 19.4 Å². The lowest BCUT2D eigenvalue weighted by Gasteiger charge is -2.13. The van der Waals surface area contributed by atoms with Crippen LogP contribution in [0.2, 0.25) is 0 Å². The molecule has 0 radical (unpaired) electrons. The molecule has 0 heterocycles. The van der Waals surface area contributed by atoms with E-state index in [2.05, 4.69) is 5.32 Å². The second kappa shape index (κ2) is 6.10. The van der Waals surface area contributed by atoms with Gasteiger partial charge in [-0.1, -0.05) is 6.07 Å². The van der Waals surface area contributed by atoms with Gasteiger partial charge in [0.15, 0.2) is 0 Å². The van der Waals surface area contributed by atoms with Gasteiger partial charge in [-0.15, -0.1) is 0 Å². The van der Waals surface area contributed by atoms with E-state index in [0.29, 0.717) is 17.1 Å². The highest BCUT2D eigenvalue weighted by atomic mass is 16.5. The fourth-order valence-corrected chi connectivity index (χ4v) is 1.40. The highest BCUT2D eigenvalue weighted by Crippen LogP contribution is 2.27. The Morgan fingerprint density at radius 1 is 1.35 bits per heavy atom. The highest BCUT2D eigenvalue weighted by Gasteiger charge is 2.17. The van der Waals surface area contributed by atoms with E-state index >= 15 is 0 Å². The molecule has 5 nitrogen and oxygen atoms in total. The summed E-state index contributed by atoms with van der Waals surface area (Å²) in [6.07, 6.45) is -0.598. The highest BCUT2D eigenvalue weighted by molar-refractivity contribution is 5.99. The lowest BCUT2D eigenvalue weighted by atomic mass is 10.1. The van der Waals surface area contributed by atoms with Gasteiger partial charge < -0.3 is 19.9 Å². The molecular weight excluding hydrogens is 222 g/mol. The number of ether oxygens (including phenoxy) is 2. The van der Waals surface area contributed by atoms with E-state index in [1.54, 1.807) is 25.1 Å². The molecule has 0 spiro atoms. The number of carbonyl (C=O) groups excluding carboxylic acids is 1. The van der Waals surface area contributed by atoms with Crippen LogP contribution in [0.3, 0.4) is 0 Å². The van der Waals surface area contributed by atoms with Gasteiger partial charge >= 0.3 is 0 Å². The Kier molecular flexibility index (Phi) is 4.78. The van der Waals surface area contributed by atoms with Gasteiger partial charge in [0.1, 0.15) is 17.1 Å². The molecular formula is C12H17NO4. The van der Waals surface area contributed by atoms with E-state index in [1.807, 2.05) is 0 Å². The van der Waals surface area contributed by atoms with Crippen molar-refractivity contribution in [1.82, 2.24) is 5.32 Å². The van der Waals surface area contributed by atoms with Crippen molar-refractivity contribution in [3.8, 4) is 11.5 Å². The molecule has 0 aliphatic heterocycles. The van der Waals surface area contributed by atoms with Crippen LogP contribution in [0.5, 0.6) is 11.5 Å². The zero-order valence-corrected chi connectivity index (χ0v) is 10.2. The summed E-state index contributed by atoms with van der Waals surface area (Å²) < 4.78 is 10.2. The molecule has 1 aromatic carbocycles. The third kappa shape index (κ3) is 3.35. The van der Waals surface area contributed by atoms with Gasteiger partial charge in [0.25, 0.3) is 5.91 Å². The van der Waals surface area contributed by atoms with Crippen molar-refractivity contribution in [1.29, 1.82) is 0 Å². The van der Waals surface area contributed by atoms with Crippen LogP contribution in [0.25, 0.3) is 0 Å². The first-order chi connectivity index (χ1) is 8.10. The third-order valence-corrected chi connectivity index (χ3v) is 2.21. The van der Waals surface area contributed by atoms with Crippen LogP contribution in [-0.2, 0) is 0 Å². The summed E-state index contributed by atoms with van der Waals surface area (Å²) in [4.78, 5) is 11.9. The molecule has 1 unspecified atom stereocenters. The molecule has 0 saturated heterocycles. The first-order valence-electron chi connectivity index (χ1n) is 5.27. The lowest BCUT2D eigenvalue weighted by molar-refractivity contribution is 0.0918.